The SMILES string of the molecule is CN(C)CCC(=O)c1cc(C(C)(C)C)c(O)c2c1C[C@H]1C[C@H]3CC(O)C(C(N)=O)C(=O)[C@@]3(O)C(O)=C1C2=O. The number of ketones is 3. The number of hydrogen-bond donors (Lipinski definition) is 5. The molecule has 4 rings (SSSR count). The van der Waals surface area contributed by atoms with Crippen LogP contribution in [0.2, 0.25) is 0 Å². The minimum absolute atomic E-state index is 0.0441. The number of carbonyl (C=O) groups excluding carboxylic acids is 4. The van der Waals surface area contributed by atoms with E-state index < -0.39 is 58.1 Å². The van der Waals surface area contributed by atoms with E-state index in [1.165, 1.54) is 0 Å². The first-order chi connectivity index (χ1) is 17.5. The molecule has 206 valence electrons. The topological polar surface area (TPSA) is 178 Å². The molecule has 0 aliphatic heterocycles. The van der Waals surface area contributed by atoms with E-state index in [4.69, 9.17) is 5.73 Å². The monoisotopic (exact) mass is 528 g/mol. The van der Waals surface area contributed by atoms with E-state index in [0.29, 0.717) is 23.2 Å². The summed E-state index contributed by atoms with van der Waals surface area (Å²) in [6, 6.07) is 1.64. The largest absolute Gasteiger partial charge is 0.508 e. The van der Waals surface area contributed by atoms with Crippen LogP contribution in [0.3, 0.4) is 0 Å². The predicted molar refractivity (Wildman–Crippen MR) is 137 cm³/mol. The third-order valence-corrected chi connectivity index (χ3v) is 8.28. The number of rotatable bonds is 5. The maximum atomic E-state index is 13.9. The number of phenols is 1. The van der Waals surface area contributed by atoms with Crippen LogP contribution in [0.25, 0.3) is 0 Å². The van der Waals surface area contributed by atoms with Gasteiger partial charge in [0.15, 0.2) is 23.0 Å². The van der Waals surface area contributed by atoms with Crippen LogP contribution in [0.1, 0.15) is 71.9 Å². The fourth-order valence-corrected chi connectivity index (χ4v) is 6.28. The zero-order chi connectivity index (χ0) is 28.5. The highest BCUT2D eigenvalue weighted by Gasteiger charge is 2.62. The Morgan fingerprint density at radius 2 is 1.79 bits per heavy atom. The second kappa shape index (κ2) is 9.29. The van der Waals surface area contributed by atoms with Gasteiger partial charge in [0.2, 0.25) is 5.91 Å². The molecule has 0 bridgehead atoms. The first-order valence-electron chi connectivity index (χ1n) is 12.8. The molecule has 1 amide bonds. The minimum atomic E-state index is -2.57. The molecule has 1 aromatic rings. The molecule has 10 nitrogen and oxygen atoms in total. The number of Topliss-reactive ketones (excluding diaryl/α,β-unsaturated/α-hetero) is 3. The molecule has 1 aromatic carbocycles. The average Bonchev–Trinajstić information content (AvgIpc) is 2.78. The number of carbonyl (C=O) groups is 4. The van der Waals surface area contributed by atoms with Crippen molar-refractivity contribution < 1.29 is 39.6 Å². The highest BCUT2D eigenvalue weighted by molar-refractivity contribution is 6.17. The molecule has 0 saturated heterocycles. The van der Waals surface area contributed by atoms with E-state index in [-0.39, 0.29) is 48.4 Å². The molecular weight excluding hydrogens is 492 g/mol. The van der Waals surface area contributed by atoms with E-state index in [0.717, 1.165) is 0 Å². The molecule has 38 heavy (non-hydrogen) atoms. The number of phenolic OH excluding ortho intramolecular Hbond substituents is 1. The van der Waals surface area contributed by atoms with Crippen LogP contribution in [0.5, 0.6) is 5.75 Å². The van der Waals surface area contributed by atoms with Crippen molar-refractivity contribution >= 4 is 23.3 Å². The van der Waals surface area contributed by atoms with E-state index in [9.17, 15) is 39.6 Å². The van der Waals surface area contributed by atoms with Crippen molar-refractivity contribution in [2.45, 2.75) is 63.6 Å². The van der Waals surface area contributed by atoms with Gasteiger partial charge in [-0.25, -0.2) is 0 Å². The van der Waals surface area contributed by atoms with Gasteiger partial charge in [-0.2, -0.15) is 0 Å². The lowest BCUT2D eigenvalue weighted by Gasteiger charge is -2.48. The number of hydrogen-bond acceptors (Lipinski definition) is 9. The summed E-state index contributed by atoms with van der Waals surface area (Å²) < 4.78 is 0. The van der Waals surface area contributed by atoms with Gasteiger partial charge in [-0.05, 0) is 56.3 Å². The van der Waals surface area contributed by atoms with Gasteiger partial charge in [-0.1, -0.05) is 20.8 Å². The number of benzene rings is 1. The second-order valence-electron chi connectivity index (χ2n) is 12.1. The van der Waals surface area contributed by atoms with Crippen molar-refractivity contribution in [1.82, 2.24) is 4.90 Å². The summed E-state index contributed by atoms with van der Waals surface area (Å²) in [6.07, 6.45) is -1.28. The van der Waals surface area contributed by atoms with Gasteiger partial charge in [-0.3, -0.25) is 19.2 Å². The lowest BCUT2D eigenvalue weighted by Crippen LogP contribution is -2.63. The Labute approximate surface area is 221 Å². The first kappa shape index (κ1) is 27.9. The number of nitrogens with zero attached hydrogens (tertiary/aromatic N) is 1. The number of aliphatic hydroxyl groups excluding tert-OH is 2. The maximum Gasteiger partial charge on any atom is 0.230 e. The molecule has 3 aliphatic rings. The summed E-state index contributed by atoms with van der Waals surface area (Å²) in [5.74, 6) is -7.82. The summed E-state index contributed by atoms with van der Waals surface area (Å²) in [4.78, 5) is 54.2. The van der Waals surface area contributed by atoms with Crippen molar-refractivity contribution in [2.24, 2.45) is 23.5 Å². The number of primary amides is 1. The Morgan fingerprint density at radius 1 is 1.16 bits per heavy atom. The van der Waals surface area contributed by atoms with Crippen molar-refractivity contribution in [2.75, 3.05) is 20.6 Å². The quantitative estimate of drug-likeness (QED) is 0.277. The summed E-state index contributed by atoms with van der Waals surface area (Å²) >= 11 is 0. The Hall–Kier alpha value is -3.08. The number of nitrogens with two attached hydrogens (primary N) is 1. The number of aliphatic hydroxyl groups is 3. The zero-order valence-electron chi connectivity index (χ0n) is 22.4. The van der Waals surface area contributed by atoms with Crippen LogP contribution >= 0.6 is 0 Å². The Bertz CT molecular complexity index is 1270. The molecular formula is C28H36N2O8. The summed E-state index contributed by atoms with van der Waals surface area (Å²) in [5, 5.41) is 44.4. The summed E-state index contributed by atoms with van der Waals surface area (Å²) in [6.45, 7) is 5.98. The van der Waals surface area contributed by atoms with Gasteiger partial charge < -0.3 is 31.1 Å². The standard InChI is InChI=1S/C28H36N2O8/c1-27(2,3)16-11-14(17(31)6-7-30(4)5)15-9-12-8-13-10-18(32)21(26(29)37)25(36)28(13,38)24(35)19(12)23(34)20(15)22(16)33/h11-13,18,21,32-33,35,38H,6-10H2,1-5H3,(H2,29,37)/t12-,13+,18?,21?,28+/m1/s1. The molecule has 0 radical (unpaired) electrons. The highest BCUT2D eigenvalue weighted by Crippen LogP contribution is 2.52. The number of fused-ring (bicyclic) bond motifs is 3. The molecule has 0 spiro atoms. The van der Waals surface area contributed by atoms with Crippen LogP contribution in [-0.2, 0) is 21.4 Å². The van der Waals surface area contributed by atoms with Gasteiger partial charge in [0.25, 0.3) is 0 Å². The van der Waals surface area contributed by atoms with Crippen LogP contribution in [0.4, 0.5) is 0 Å². The molecule has 2 unspecified atom stereocenters. The van der Waals surface area contributed by atoms with E-state index >= 15 is 0 Å². The van der Waals surface area contributed by atoms with Gasteiger partial charge in [-0.15, -0.1) is 0 Å². The third kappa shape index (κ3) is 4.15. The Morgan fingerprint density at radius 3 is 2.34 bits per heavy atom. The predicted octanol–water partition coefficient (Wildman–Crippen LogP) is 1.18. The lowest BCUT2D eigenvalue weighted by atomic mass is 9.57. The molecule has 10 heteroatoms. The highest BCUT2D eigenvalue weighted by atomic mass is 16.3. The average molecular weight is 529 g/mol. The van der Waals surface area contributed by atoms with Crippen LogP contribution in [0, 0.1) is 17.8 Å². The van der Waals surface area contributed by atoms with Crippen LogP contribution in [0.15, 0.2) is 17.4 Å². The fourth-order valence-electron chi connectivity index (χ4n) is 6.28. The maximum absolute atomic E-state index is 13.9. The van der Waals surface area contributed by atoms with E-state index in [1.807, 2.05) is 39.8 Å². The molecule has 1 fully saturated rings. The van der Waals surface area contributed by atoms with Gasteiger partial charge >= 0.3 is 0 Å². The van der Waals surface area contributed by atoms with Gasteiger partial charge in [0.1, 0.15) is 17.4 Å². The van der Waals surface area contributed by atoms with E-state index in [2.05, 4.69) is 0 Å². The molecule has 5 atom stereocenters. The van der Waals surface area contributed by atoms with Crippen molar-refractivity contribution in [1.29, 1.82) is 0 Å². The van der Waals surface area contributed by atoms with Crippen LogP contribution in [-0.4, -0.2) is 80.9 Å². The summed E-state index contributed by atoms with van der Waals surface area (Å²) in [5.41, 5.74) is 2.82. The van der Waals surface area contributed by atoms with E-state index in [1.54, 1.807) is 6.07 Å². The Balaban J connectivity index is 1.92. The first-order valence-corrected chi connectivity index (χ1v) is 12.8. The second-order valence-corrected chi connectivity index (χ2v) is 12.1. The smallest absolute Gasteiger partial charge is 0.230 e. The van der Waals surface area contributed by atoms with Crippen molar-refractivity contribution in [3.63, 3.8) is 0 Å². The fraction of sp³-hybridized carbons (Fsp3) is 0.571. The molecule has 1 saturated carbocycles. The van der Waals surface area contributed by atoms with Gasteiger partial charge in [0, 0.05) is 35.6 Å². The molecule has 6 N–H and O–H groups in total. The minimum Gasteiger partial charge on any atom is -0.508 e. The third-order valence-electron chi connectivity index (χ3n) is 8.28. The normalized spacial score (nSPS) is 29.2. The number of amides is 1. The summed E-state index contributed by atoms with van der Waals surface area (Å²) in [7, 11) is 3.69. The number of allylic oxidation sites excluding steroid dienone is 1. The van der Waals surface area contributed by atoms with Crippen molar-refractivity contribution in [3.8, 4) is 5.75 Å². The molecule has 3 aliphatic carbocycles. The Kier molecular flexibility index (Phi) is 6.83. The molecule has 0 heterocycles. The molecule has 0 aromatic heterocycles. The van der Waals surface area contributed by atoms with Gasteiger partial charge in [0.05, 0.1) is 11.7 Å². The zero-order valence-corrected chi connectivity index (χ0v) is 22.4. The number of aromatic hydroxyl groups is 1. The van der Waals surface area contributed by atoms with Crippen LogP contribution < -0.4 is 5.73 Å². The lowest BCUT2D eigenvalue weighted by molar-refractivity contribution is -0.167. The van der Waals surface area contributed by atoms with Crippen molar-refractivity contribution in [3.05, 3.63) is 39.7 Å².